The van der Waals surface area contributed by atoms with Crippen LogP contribution in [0.15, 0.2) is 95.7 Å². The first-order chi connectivity index (χ1) is 17.8. The van der Waals surface area contributed by atoms with Crippen molar-refractivity contribution in [2.24, 2.45) is 5.10 Å². The van der Waals surface area contributed by atoms with Crippen LogP contribution in [0.25, 0.3) is 16.8 Å². The van der Waals surface area contributed by atoms with Gasteiger partial charge in [-0.25, -0.2) is 5.43 Å². The van der Waals surface area contributed by atoms with Gasteiger partial charge in [0.2, 0.25) is 0 Å². The van der Waals surface area contributed by atoms with Crippen LogP contribution in [0.3, 0.4) is 0 Å². The second kappa shape index (κ2) is 11.4. The highest BCUT2D eigenvalue weighted by Crippen LogP contribution is 2.25. The van der Waals surface area contributed by atoms with Crippen molar-refractivity contribution in [3.05, 3.63) is 112 Å². The van der Waals surface area contributed by atoms with E-state index in [-0.39, 0.29) is 22.0 Å². The molecule has 0 aliphatic heterocycles. The zero-order chi connectivity index (χ0) is 26.4. The first kappa shape index (κ1) is 25.5. The van der Waals surface area contributed by atoms with Gasteiger partial charge < -0.3 is 15.3 Å². The van der Waals surface area contributed by atoms with Crippen molar-refractivity contribution in [1.29, 1.82) is 0 Å². The molecule has 0 unspecified atom stereocenters. The van der Waals surface area contributed by atoms with Crippen LogP contribution in [-0.4, -0.2) is 37.2 Å². The number of phenolic OH excluding ortho intramolecular Hbond substituents is 1. The number of carbonyl (C=O) groups is 2. The van der Waals surface area contributed by atoms with Crippen molar-refractivity contribution in [1.82, 2.24) is 10.7 Å². The lowest BCUT2D eigenvalue weighted by molar-refractivity contribution is -0.117. The smallest absolute Gasteiger partial charge is 0.287 e. The number of hydrazone groups is 1. The van der Waals surface area contributed by atoms with Crippen LogP contribution in [0.4, 0.5) is 5.69 Å². The Kier molecular flexibility index (Phi) is 7.86. The van der Waals surface area contributed by atoms with Crippen molar-refractivity contribution in [3.8, 4) is 5.75 Å². The standard InChI is InChI=1S/C29H25ClN4O3/c1-34(2)21-14-11-19(12-15-21)17-26(32-28(36)23-9-5-6-10-25(23)30)29(37)33-31-18-24-22-8-4-3-7-20(22)13-16-27(24)35/h3-18,35H,1-2H3,(H,32,36)(H,33,37)/b26-17+,31-18+. The normalized spacial score (nSPS) is 11.5. The number of anilines is 1. The Morgan fingerprint density at radius 3 is 2.35 bits per heavy atom. The number of rotatable bonds is 7. The molecule has 0 fully saturated rings. The molecule has 0 saturated heterocycles. The number of halogens is 1. The molecule has 0 aliphatic rings. The summed E-state index contributed by atoms with van der Waals surface area (Å²) in [5.41, 5.74) is 4.79. The van der Waals surface area contributed by atoms with Crippen molar-refractivity contribution in [3.63, 3.8) is 0 Å². The Bertz CT molecular complexity index is 1510. The fourth-order valence-corrected chi connectivity index (χ4v) is 3.89. The van der Waals surface area contributed by atoms with Crippen molar-refractivity contribution < 1.29 is 14.7 Å². The Labute approximate surface area is 219 Å². The SMILES string of the molecule is CN(C)c1ccc(/C=C(/NC(=O)c2ccccc2Cl)C(=O)N/N=C/c2c(O)ccc3ccccc23)cc1. The molecule has 0 saturated carbocycles. The first-order valence-corrected chi connectivity index (χ1v) is 11.8. The number of hydrogen-bond acceptors (Lipinski definition) is 5. The fourth-order valence-electron chi connectivity index (χ4n) is 3.66. The van der Waals surface area contributed by atoms with Gasteiger partial charge in [0.15, 0.2) is 0 Å². The molecule has 0 atom stereocenters. The maximum absolute atomic E-state index is 13.1. The Morgan fingerprint density at radius 2 is 1.62 bits per heavy atom. The number of benzene rings is 4. The summed E-state index contributed by atoms with van der Waals surface area (Å²) in [6, 6.07) is 24.9. The van der Waals surface area contributed by atoms with Crippen molar-refractivity contribution in [2.45, 2.75) is 0 Å². The third-order valence-electron chi connectivity index (χ3n) is 5.64. The summed E-state index contributed by atoms with van der Waals surface area (Å²) >= 11 is 6.17. The van der Waals surface area contributed by atoms with E-state index in [1.165, 1.54) is 6.21 Å². The monoisotopic (exact) mass is 512 g/mol. The highest BCUT2D eigenvalue weighted by atomic mass is 35.5. The summed E-state index contributed by atoms with van der Waals surface area (Å²) in [7, 11) is 3.86. The van der Waals surface area contributed by atoms with E-state index in [1.54, 1.807) is 42.5 Å². The highest BCUT2D eigenvalue weighted by molar-refractivity contribution is 6.34. The minimum atomic E-state index is -0.645. The summed E-state index contributed by atoms with van der Waals surface area (Å²) < 4.78 is 0. The van der Waals surface area contributed by atoms with E-state index >= 15 is 0 Å². The van der Waals surface area contributed by atoms with Gasteiger partial charge in [-0.05, 0) is 52.7 Å². The van der Waals surface area contributed by atoms with Gasteiger partial charge in [0, 0.05) is 25.3 Å². The summed E-state index contributed by atoms with van der Waals surface area (Å²) in [4.78, 5) is 28.0. The molecule has 186 valence electrons. The first-order valence-electron chi connectivity index (χ1n) is 11.4. The number of carbonyl (C=O) groups excluding carboxylic acids is 2. The Balaban J connectivity index is 1.61. The lowest BCUT2D eigenvalue weighted by Gasteiger charge is -2.13. The lowest BCUT2D eigenvalue weighted by atomic mass is 10.0. The average Bonchev–Trinajstić information content (AvgIpc) is 2.90. The van der Waals surface area contributed by atoms with Gasteiger partial charge in [-0.3, -0.25) is 9.59 Å². The second-order valence-corrected chi connectivity index (χ2v) is 8.80. The largest absolute Gasteiger partial charge is 0.507 e. The minimum absolute atomic E-state index is 0.0261. The van der Waals surface area contributed by atoms with E-state index in [4.69, 9.17) is 11.6 Å². The molecule has 8 heteroatoms. The van der Waals surface area contributed by atoms with E-state index in [9.17, 15) is 14.7 Å². The summed E-state index contributed by atoms with van der Waals surface area (Å²) in [6.07, 6.45) is 2.92. The highest BCUT2D eigenvalue weighted by Gasteiger charge is 2.16. The van der Waals surface area contributed by atoms with Crippen LogP contribution in [0, 0.1) is 0 Å². The van der Waals surface area contributed by atoms with Crippen LogP contribution in [0.1, 0.15) is 21.5 Å². The molecule has 0 aromatic heterocycles. The lowest BCUT2D eigenvalue weighted by Crippen LogP contribution is -2.33. The molecule has 0 spiro atoms. The molecule has 0 heterocycles. The van der Waals surface area contributed by atoms with Gasteiger partial charge in [0.1, 0.15) is 11.4 Å². The molecule has 2 amide bonds. The van der Waals surface area contributed by atoms with E-state index in [0.29, 0.717) is 11.1 Å². The van der Waals surface area contributed by atoms with Gasteiger partial charge in [0.25, 0.3) is 11.8 Å². The molecule has 4 aromatic rings. The number of aromatic hydroxyl groups is 1. The van der Waals surface area contributed by atoms with E-state index < -0.39 is 11.8 Å². The van der Waals surface area contributed by atoms with Crippen molar-refractivity contribution in [2.75, 3.05) is 19.0 Å². The summed E-state index contributed by atoms with van der Waals surface area (Å²) in [5, 5.41) is 19.0. The molecular formula is C29H25ClN4O3. The van der Waals surface area contributed by atoms with Crippen LogP contribution in [0.5, 0.6) is 5.75 Å². The van der Waals surface area contributed by atoms with Crippen LogP contribution < -0.4 is 15.6 Å². The van der Waals surface area contributed by atoms with E-state index in [2.05, 4.69) is 15.8 Å². The van der Waals surface area contributed by atoms with Crippen LogP contribution in [-0.2, 0) is 4.79 Å². The third-order valence-corrected chi connectivity index (χ3v) is 5.97. The molecule has 4 rings (SSSR count). The number of nitrogens with one attached hydrogen (secondary N) is 2. The predicted octanol–water partition coefficient (Wildman–Crippen LogP) is 5.19. The molecule has 3 N–H and O–H groups in total. The van der Waals surface area contributed by atoms with Gasteiger partial charge in [-0.15, -0.1) is 0 Å². The van der Waals surface area contributed by atoms with Gasteiger partial charge in [-0.2, -0.15) is 5.10 Å². The van der Waals surface area contributed by atoms with Crippen LogP contribution >= 0.6 is 11.6 Å². The van der Waals surface area contributed by atoms with Gasteiger partial charge >= 0.3 is 0 Å². The number of fused-ring (bicyclic) bond motifs is 1. The van der Waals surface area contributed by atoms with Gasteiger partial charge in [-0.1, -0.05) is 66.2 Å². The van der Waals surface area contributed by atoms with E-state index in [0.717, 1.165) is 16.5 Å². The number of hydrogen-bond donors (Lipinski definition) is 3. The average molecular weight is 513 g/mol. The fraction of sp³-hybridized carbons (Fsp3) is 0.0690. The number of nitrogens with zero attached hydrogens (tertiary/aromatic N) is 2. The molecule has 0 bridgehead atoms. The molecule has 0 aliphatic carbocycles. The molecule has 7 nitrogen and oxygen atoms in total. The van der Waals surface area contributed by atoms with Crippen molar-refractivity contribution >= 4 is 52.2 Å². The van der Waals surface area contributed by atoms with Gasteiger partial charge in [0.05, 0.1) is 16.8 Å². The number of amides is 2. The summed E-state index contributed by atoms with van der Waals surface area (Å²) in [6.45, 7) is 0. The second-order valence-electron chi connectivity index (χ2n) is 8.40. The van der Waals surface area contributed by atoms with E-state index in [1.807, 2.05) is 67.5 Å². The Hall–Kier alpha value is -4.62. The maximum atomic E-state index is 13.1. The molecule has 0 radical (unpaired) electrons. The minimum Gasteiger partial charge on any atom is -0.507 e. The zero-order valence-corrected chi connectivity index (χ0v) is 21.0. The maximum Gasteiger partial charge on any atom is 0.287 e. The molecule has 37 heavy (non-hydrogen) atoms. The zero-order valence-electron chi connectivity index (χ0n) is 20.3. The Morgan fingerprint density at radius 1 is 0.919 bits per heavy atom. The summed E-state index contributed by atoms with van der Waals surface area (Å²) in [5.74, 6) is -1.15. The van der Waals surface area contributed by atoms with Crippen LogP contribution in [0.2, 0.25) is 5.02 Å². The quantitative estimate of drug-likeness (QED) is 0.180. The molecule has 4 aromatic carbocycles. The topological polar surface area (TPSA) is 94.0 Å². The third kappa shape index (κ3) is 6.15. The predicted molar refractivity (Wildman–Crippen MR) is 149 cm³/mol. The molecular weight excluding hydrogens is 488 g/mol. The number of phenols is 1.